The lowest BCUT2D eigenvalue weighted by molar-refractivity contribution is 0.198. The molecule has 1 fully saturated rings. The van der Waals surface area contributed by atoms with Crippen molar-refractivity contribution >= 4 is 0 Å². The lowest BCUT2D eigenvalue weighted by Gasteiger charge is -2.17. The van der Waals surface area contributed by atoms with Crippen LogP contribution in [-0.2, 0) is 6.54 Å². The monoisotopic (exact) mass is 398 g/mol. The number of nitrogens with zero attached hydrogens (tertiary/aromatic N) is 4. The van der Waals surface area contributed by atoms with Crippen LogP contribution in [0.15, 0.2) is 83.6 Å². The zero-order valence-electron chi connectivity index (χ0n) is 16.5. The lowest BCUT2D eigenvalue weighted by Crippen LogP contribution is -2.24. The summed E-state index contributed by atoms with van der Waals surface area (Å²) >= 11 is 0. The fraction of sp³-hybridized carbons (Fsp3) is 0.208. The SMILES string of the molecule is c1ccc(-c2noc(-c3ccccc3OC3CCN(Cc4cccnc4)C3)n2)cc1. The summed E-state index contributed by atoms with van der Waals surface area (Å²) in [6.45, 7) is 2.77. The van der Waals surface area contributed by atoms with Gasteiger partial charge in [0.2, 0.25) is 5.82 Å². The molecular weight excluding hydrogens is 376 g/mol. The Hall–Kier alpha value is -3.51. The van der Waals surface area contributed by atoms with Crippen LogP contribution in [0.4, 0.5) is 0 Å². The maximum Gasteiger partial charge on any atom is 0.262 e. The van der Waals surface area contributed by atoms with Crippen molar-refractivity contribution in [3.63, 3.8) is 0 Å². The summed E-state index contributed by atoms with van der Waals surface area (Å²) in [7, 11) is 0. The van der Waals surface area contributed by atoms with Gasteiger partial charge in [-0.2, -0.15) is 4.98 Å². The molecule has 4 aromatic rings. The van der Waals surface area contributed by atoms with Gasteiger partial charge in [0.15, 0.2) is 0 Å². The molecule has 2 aromatic carbocycles. The summed E-state index contributed by atoms with van der Waals surface area (Å²) < 4.78 is 11.9. The number of para-hydroxylation sites is 1. The molecule has 3 heterocycles. The van der Waals surface area contributed by atoms with Gasteiger partial charge in [-0.15, -0.1) is 0 Å². The van der Waals surface area contributed by atoms with E-state index in [0.717, 1.165) is 42.9 Å². The van der Waals surface area contributed by atoms with Crippen molar-refractivity contribution in [1.82, 2.24) is 20.0 Å². The van der Waals surface area contributed by atoms with Crippen LogP contribution in [0.1, 0.15) is 12.0 Å². The number of benzene rings is 2. The molecule has 0 amide bonds. The Kier molecular flexibility index (Phi) is 5.23. The van der Waals surface area contributed by atoms with Crippen LogP contribution < -0.4 is 4.74 Å². The van der Waals surface area contributed by atoms with Crippen molar-refractivity contribution in [2.45, 2.75) is 19.1 Å². The van der Waals surface area contributed by atoms with Gasteiger partial charge in [0.1, 0.15) is 11.9 Å². The predicted octanol–water partition coefficient (Wildman–Crippen LogP) is 4.45. The Bertz CT molecular complexity index is 1100. The van der Waals surface area contributed by atoms with E-state index >= 15 is 0 Å². The minimum atomic E-state index is 0.124. The molecular formula is C24H22N4O2. The molecule has 1 aliphatic heterocycles. The number of hydrogen-bond acceptors (Lipinski definition) is 6. The van der Waals surface area contributed by atoms with E-state index in [4.69, 9.17) is 9.26 Å². The average molecular weight is 398 g/mol. The molecule has 1 atom stereocenters. The summed E-state index contributed by atoms with van der Waals surface area (Å²) in [4.78, 5) is 11.2. The molecule has 0 saturated carbocycles. The van der Waals surface area contributed by atoms with Gasteiger partial charge in [-0.05, 0) is 30.2 Å². The van der Waals surface area contributed by atoms with E-state index in [1.807, 2.05) is 66.9 Å². The number of pyridine rings is 1. The van der Waals surface area contributed by atoms with Crippen molar-refractivity contribution in [2.75, 3.05) is 13.1 Å². The molecule has 0 N–H and O–H groups in total. The Labute approximate surface area is 175 Å². The molecule has 0 spiro atoms. The molecule has 1 saturated heterocycles. The largest absolute Gasteiger partial charge is 0.488 e. The maximum atomic E-state index is 6.36. The van der Waals surface area contributed by atoms with E-state index in [2.05, 4.69) is 26.1 Å². The summed E-state index contributed by atoms with van der Waals surface area (Å²) in [5.41, 5.74) is 2.96. The second-order valence-corrected chi connectivity index (χ2v) is 7.41. The molecule has 0 radical (unpaired) electrons. The topological polar surface area (TPSA) is 64.3 Å². The van der Waals surface area contributed by atoms with Gasteiger partial charge in [0.25, 0.3) is 5.89 Å². The zero-order valence-corrected chi connectivity index (χ0v) is 16.5. The van der Waals surface area contributed by atoms with E-state index in [1.165, 1.54) is 5.56 Å². The lowest BCUT2D eigenvalue weighted by atomic mass is 10.2. The highest BCUT2D eigenvalue weighted by Crippen LogP contribution is 2.32. The molecule has 0 bridgehead atoms. The van der Waals surface area contributed by atoms with Crippen LogP contribution in [0.25, 0.3) is 22.8 Å². The minimum absolute atomic E-state index is 0.124. The molecule has 6 heteroatoms. The standard InChI is InChI=1S/C24H22N4O2/c1-2-8-19(9-3-1)23-26-24(30-27-23)21-10-4-5-11-22(21)29-20-12-14-28(17-20)16-18-7-6-13-25-15-18/h1-11,13,15,20H,12,14,16-17H2. The second kappa shape index (κ2) is 8.47. The number of hydrogen-bond donors (Lipinski definition) is 0. The van der Waals surface area contributed by atoms with E-state index in [1.54, 1.807) is 6.20 Å². The maximum absolute atomic E-state index is 6.36. The predicted molar refractivity (Wildman–Crippen MR) is 114 cm³/mol. The smallest absolute Gasteiger partial charge is 0.262 e. The number of aromatic nitrogens is 3. The Morgan fingerprint density at radius 1 is 1.00 bits per heavy atom. The minimum Gasteiger partial charge on any atom is -0.488 e. The summed E-state index contributed by atoms with van der Waals surface area (Å²) in [5.74, 6) is 1.81. The van der Waals surface area contributed by atoms with Crippen LogP contribution in [-0.4, -0.2) is 39.2 Å². The highest BCUT2D eigenvalue weighted by molar-refractivity contribution is 5.65. The van der Waals surface area contributed by atoms with Crippen LogP contribution in [0.5, 0.6) is 5.75 Å². The molecule has 6 nitrogen and oxygen atoms in total. The van der Waals surface area contributed by atoms with Crippen molar-refractivity contribution in [3.05, 3.63) is 84.7 Å². The first-order chi connectivity index (χ1) is 14.8. The third-order valence-corrected chi connectivity index (χ3v) is 5.23. The fourth-order valence-electron chi connectivity index (χ4n) is 3.75. The summed E-state index contributed by atoms with van der Waals surface area (Å²) in [5, 5.41) is 4.14. The number of likely N-dealkylation sites (tertiary alicyclic amines) is 1. The third-order valence-electron chi connectivity index (χ3n) is 5.23. The van der Waals surface area contributed by atoms with Gasteiger partial charge in [-0.1, -0.05) is 53.7 Å². The molecule has 30 heavy (non-hydrogen) atoms. The fourth-order valence-corrected chi connectivity index (χ4v) is 3.75. The van der Waals surface area contributed by atoms with Crippen LogP contribution in [0.2, 0.25) is 0 Å². The molecule has 0 aliphatic carbocycles. The molecule has 150 valence electrons. The van der Waals surface area contributed by atoms with Gasteiger partial charge < -0.3 is 9.26 Å². The molecule has 2 aromatic heterocycles. The third kappa shape index (κ3) is 4.09. The van der Waals surface area contributed by atoms with Crippen LogP contribution in [0.3, 0.4) is 0 Å². The van der Waals surface area contributed by atoms with Gasteiger partial charge >= 0.3 is 0 Å². The van der Waals surface area contributed by atoms with Crippen molar-refractivity contribution < 1.29 is 9.26 Å². The quantitative estimate of drug-likeness (QED) is 0.478. The normalized spacial score (nSPS) is 16.6. The molecule has 5 rings (SSSR count). The van der Waals surface area contributed by atoms with Gasteiger partial charge in [0, 0.05) is 37.6 Å². The van der Waals surface area contributed by atoms with Crippen LogP contribution >= 0.6 is 0 Å². The summed E-state index contributed by atoms with van der Waals surface area (Å²) in [6.07, 6.45) is 4.83. The number of rotatable bonds is 6. The first-order valence-corrected chi connectivity index (χ1v) is 10.1. The van der Waals surface area contributed by atoms with E-state index in [-0.39, 0.29) is 6.10 Å². The van der Waals surface area contributed by atoms with Gasteiger partial charge in [-0.3, -0.25) is 9.88 Å². The number of ether oxygens (including phenoxy) is 1. The average Bonchev–Trinajstić information content (AvgIpc) is 3.46. The molecule has 1 aliphatic rings. The van der Waals surface area contributed by atoms with Crippen LogP contribution in [0, 0.1) is 0 Å². The molecule has 1 unspecified atom stereocenters. The Balaban J connectivity index is 1.30. The van der Waals surface area contributed by atoms with Gasteiger partial charge in [-0.25, -0.2) is 0 Å². The zero-order chi connectivity index (χ0) is 20.2. The summed E-state index contributed by atoms with van der Waals surface area (Å²) in [6, 6.07) is 21.7. The van der Waals surface area contributed by atoms with Crippen molar-refractivity contribution in [2.24, 2.45) is 0 Å². The Morgan fingerprint density at radius 2 is 1.87 bits per heavy atom. The van der Waals surface area contributed by atoms with Crippen molar-refractivity contribution in [1.29, 1.82) is 0 Å². The first-order valence-electron chi connectivity index (χ1n) is 10.1. The van der Waals surface area contributed by atoms with E-state index in [9.17, 15) is 0 Å². The van der Waals surface area contributed by atoms with Gasteiger partial charge in [0.05, 0.1) is 5.56 Å². The highest BCUT2D eigenvalue weighted by atomic mass is 16.5. The highest BCUT2D eigenvalue weighted by Gasteiger charge is 2.25. The van der Waals surface area contributed by atoms with E-state index in [0.29, 0.717) is 11.7 Å². The van der Waals surface area contributed by atoms with E-state index < -0.39 is 0 Å². The second-order valence-electron chi connectivity index (χ2n) is 7.41. The first kappa shape index (κ1) is 18.5. The Morgan fingerprint density at radius 3 is 2.73 bits per heavy atom. The van der Waals surface area contributed by atoms with Crippen molar-refractivity contribution in [3.8, 4) is 28.6 Å².